The molecule has 5 heteroatoms. The van der Waals surface area contributed by atoms with Gasteiger partial charge in [-0.1, -0.05) is 5.18 Å². The molecule has 0 fully saturated rings. The molecule has 0 aromatic carbocycles. The highest BCUT2D eigenvalue weighted by molar-refractivity contribution is 5.39. The van der Waals surface area contributed by atoms with Gasteiger partial charge in [0, 0.05) is 6.20 Å². The third kappa shape index (κ3) is 2.10. The summed E-state index contributed by atoms with van der Waals surface area (Å²) >= 11 is 0. The minimum absolute atomic E-state index is 0.212. The van der Waals surface area contributed by atoms with Gasteiger partial charge in [0.15, 0.2) is 0 Å². The molecule has 0 amide bonds. The number of aryl methyl sites for hydroxylation is 1. The van der Waals surface area contributed by atoms with Crippen LogP contribution in [0.1, 0.15) is 26.0 Å². The fourth-order valence-electron chi connectivity index (χ4n) is 1.22. The van der Waals surface area contributed by atoms with Crippen molar-refractivity contribution in [1.82, 2.24) is 9.78 Å². The van der Waals surface area contributed by atoms with E-state index in [4.69, 9.17) is 5.73 Å². The lowest BCUT2D eigenvalue weighted by Gasteiger charge is -2.23. The second kappa shape index (κ2) is 3.77. The van der Waals surface area contributed by atoms with E-state index in [0.717, 1.165) is 5.69 Å². The average Bonchev–Trinajstić information content (AvgIpc) is 2.45. The first-order chi connectivity index (χ1) is 6.47. The summed E-state index contributed by atoms with van der Waals surface area (Å²) < 4.78 is 1.79. The van der Waals surface area contributed by atoms with E-state index in [-0.39, 0.29) is 5.54 Å². The zero-order valence-corrected chi connectivity index (χ0v) is 8.82. The van der Waals surface area contributed by atoms with Crippen molar-refractivity contribution in [3.63, 3.8) is 0 Å². The summed E-state index contributed by atoms with van der Waals surface area (Å²) in [6, 6.07) is 0. The van der Waals surface area contributed by atoms with Crippen LogP contribution in [0.15, 0.2) is 11.4 Å². The number of nitroso groups, excluding NO2 is 1. The first-order valence-corrected chi connectivity index (χ1v) is 4.59. The predicted octanol–water partition coefficient (Wildman–Crippen LogP) is 1.67. The fourth-order valence-corrected chi connectivity index (χ4v) is 1.22. The monoisotopic (exact) mass is 196 g/mol. The van der Waals surface area contributed by atoms with Crippen molar-refractivity contribution < 1.29 is 0 Å². The van der Waals surface area contributed by atoms with Crippen LogP contribution in [-0.4, -0.2) is 16.3 Å². The number of rotatable bonds is 4. The molecule has 0 radical (unpaired) electrons. The molecule has 1 heterocycles. The molecule has 2 N–H and O–H groups in total. The van der Waals surface area contributed by atoms with Crippen LogP contribution in [0.5, 0.6) is 0 Å². The van der Waals surface area contributed by atoms with Crippen LogP contribution in [0.4, 0.5) is 5.69 Å². The summed E-state index contributed by atoms with van der Waals surface area (Å²) in [5, 5.41) is 7.14. The first kappa shape index (κ1) is 10.7. The Kier molecular flexibility index (Phi) is 2.88. The Labute approximate surface area is 83.3 Å². The summed E-state index contributed by atoms with van der Waals surface area (Å²) in [4.78, 5) is 10.1. The largest absolute Gasteiger partial charge is 0.396 e. The summed E-state index contributed by atoms with van der Waals surface area (Å²) in [5.74, 6) is 0. The Morgan fingerprint density at radius 2 is 2.29 bits per heavy atom. The number of nitrogen functional groups attached to an aromatic ring is 1. The summed E-state index contributed by atoms with van der Waals surface area (Å²) in [6.45, 7) is 6.17. The van der Waals surface area contributed by atoms with Gasteiger partial charge in [-0.2, -0.15) is 10.0 Å². The zero-order chi connectivity index (χ0) is 10.8. The first-order valence-electron chi connectivity index (χ1n) is 4.59. The maximum absolute atomic E-state index is 10.1. The van der Waals surface area contributed by atoms with Gasteiger partial charge in [-0.3, -0.25) is 4.68 Å². The van der Waals surface area contributed by atoms with E-state index in [1.54, 1.807) is 10.9 Å². The molecule has 0 spiro atoms. The van der Waals surface area contributed by atoms with Gasteiger partial charge in [0.05, 0.1) is 23.5 Å². The molecule has 0 saturated heterocycles. The van der Waals surface area contributed by atoms with Crippen LogP contribution < -0.4 is 5.73 Å². The second-order valence-corrected chi connectivity index (χ2v) is 4.03. The Morgan fingerprint density at radius 3 is 2.71 bits per heavy atom. The third-order valence-corrected chi connectivity index (χ3v) is 2.37. The Balaban J connectivity index is 2.85. The molecule has 1 aromatic rings. The molecule has 0 unspecified atom stereocenters. The van der Waals surface area contributed by atoms with Gasteiger partial charge in [-0.25, -0.2) is 0 Å². The third-order valence-electron chi connectivity index (χ3n) is 2.37. The quantitative estimate of drug-likeness (QED) is 0.744. The molecule has 14 heavy (non-hydrogen) atoms. The number of hydrogen-bond acceptors (Lipinski definition) is 4. The van der Waals surface area contributed by atoms with Crippen molar-refractivity contribution in [2.24, 2.45) is 5.18 Å². The lowest BCUT2D eigenvalue weighted by molar-refractivity contribution is 0.299. The van der Waals surface area contributed by atoms with Crippen molar-refractivity contribution in [1.29, 1.82) is 0 Å². The van der Waals surface area contributed by atoms with Crippen LogP contribution in [-0.2, 0) is 5.54 Å². The normalized spacial score (nSPS) is 11.6. The maximum atomic E-state index is 10.1. The maximum Gasteiger partial charge on any atom is 0.0834 e. The van der Waals surface area contributed by atoms with E-state index < -0.39 is 0 Å². The van der Waals surface area contributed by atoms with Crippen LogP contribution in [0.2, 0.25) is 0 Å². The average molecular weight is 196 g/mol. The molecular weight excluding hydrogens is 180 g/mol. The number of anilines is 1. The van der Waals surface area contributed by atoms with Crippen molar-refractivity contribution in [3.05, 3.63) is 16.8 Å². The topological polar surface area (TPSA) is 73.3 Å². The van der Waals surface area contributed by atoms with E-state index in [2.05, 4.69) is 10.3 Å². The highest BCUT2D eigenvalue weighted by Crippen LogP contribution is 2.21. The molecule has 1 aromatic heterocycles. The van der Waals surface area contributed by atoms with Gasteiger partial charge in [0.1, 0.15) is 0 Å². The second-order valence-electron chi connectivity index (χ2n) is 4.03. The van der Waals surface area contributed by atoms with Gasteiger partial charge in [0.25, 0.3) is 0 Å². The van der Waals surface area contributed by atoms with E-state index in [0.29, 0.717) is 18.7 Å². The Morgan fingerprint density at radius 1 is 1.64 bits per heavy atom. The van der Waals surface area contributed by atoms with Crippen LogP contribution >= 0.6 is 0 Å². The van der Waals surface area contributed by atoms with Crippen LogP contribution in [0.3, 0.4) is 0 Å². The highest BCUT2D eigenvalue weighted by atomic mass is 16.3. The summed E-state index contributed by atoms with van der Waals surface area (Å²) in [5.41, 5.74) is 6.98. The minimum atomic E-state index is -0.212. The van der Waals surface area contributed by atoms with Gasteiger partial charge in [0.2, 0.25) is 0 Å². The molecule has 78 valence electrons. The SMILES string of the molecule is Cc1nn(C(C)(C)CCN=O)cc1N. The van der Waals surface area contributed by atoms with Gasteiger partial charge < -0.3 is 5.73 Å². The Bertz CT molecular complexity index is 310. The molecule has 0 aliphatic carbocycles. The molecule has 0 bridgehead atoms. The van der Waals surface area contributed by atoms with Gasteiger partial charge in [-0.15, -0.1) is 0 Å². The smallest absolute Gasteiger partial charge is 0.0834 e. The molecule has 0 saturated carbocycles. The van der Waals surface area contributed by atoms with E-state index in [1.165, 1.54) is 0 Å². The van der Waals surface area contributed by atoms with Crippen molar-refractivity contribution in [2.45, 2.75) is 32.7 Å². The van der Waals surface area contributed by atoms with Crippen molar-refractivity contribution in [3.8, 4) is 0 Å². The molecular formula is C9H16N4O. The van der Waals surface area contributed by atoms with Gasteiger partial charge >= 0.3 is 0 Å². The van der Waals surface area contributed by atoms with Crippen molar-refractivity contribution in [2.75, 3.05) is 12.3 Å². The van der Waals surface area contributed by atoms with E-state index in [1.807, 2.05) is 20.8 Å². The zero-order valence-electron chi connectivity index (χ0n) is 8.82. The van der Waals surface area contributed by atoms with E-state index in [9.17, 15) is 4.91 Å². The summed E-state index contributed by atoms with van der Waals surface area (Å²) in [7, 11) is 0. The number of hydrogen-bond donors (Lipinski definition) is 1. The number of nitrogens with zero attached hydrogens (tertiary/aromatic N) is 3. The standard InChI is InChI=1S/C9H16N4O/c1-7-8(10)6-13(12-7)9(2,3)4-5-11-14/h6H,4-5,10H2,1-3H3. The molecule has 5 nitrogen and oxygen atoms in total. The fraction of sp³-hybridized carbons (Fsp3) is 0.667. The lowest BCUT2D eigenvalue weighted by atomic mass is 10.0. The van der Waals surface area contributed by atoms with Crippen LogP contribution in [0, 0.1) is 11.8 Å². The summed E-state index contributed by atoms with van der Waals surface area (Å²) in [6.07, 6.45) is 2.46. The highest BCUT2D eigenvalue weighted by Gasteiger charge is 2.21. The van der Waals surface area contributed by atoms with E-state index >= 15 is 0 Å². The number of aromatic nitrogens is 2. The van der Waals surface area contributed by atoms with Crippen molar-refractivity contribution >= 4 is 5.69 Å². The predicted molar refractivity (Wildman–Crippen MR) is 56.0 cm³/mol. The van der Waals surface area contributed by atoms with Gasteiger partial charge in [-0.05, 0) is 27.2 Å². The molecule has 0 aliphatic rings. The molecule has 1 rings (SSSR count). The minimum Gasteiger partial charge on any atom is -0.396 e. The van der Waals surface area contributed by atoms with Crippen LogP contribution in [0.25, 0.3) is 0 Å². The molecule has 0 atom stereocenters. The number of nitrogens with two attached hydrogens (primary N) is 1. The lowest BCUT2D eigenvalue weighted by Crippen LogP contribution is -2.27. The molecule has 0 aliphatic heterocycles. The Hall–Kier alpha value is -1.39.